The monoisotopic (exact) mass is 208 g/mol. The van der Waals surface area contributed by atoms with Crippen LogP contribution in [-0.4, -0.2) is 22.9 Å². The fourth-order valence-corrected chi connectivity index (χ4v) is 1.03. The summed E-state index contributed by atoms with van der Waals surface area (Å²) in [6.45, 7) is 3.81. The Balaban J connectivity index is 2.94. The molecule has 0 aliphatic rings. The predicted octanol–water partition coefficient (Wildman–Crippen LogP) is 2.54. The standard InChI is InChI=1S/C12H16O3/c1-12(2,15-3)7-6-9-8-10(13)4-5-11(9)14/h4-8,13-14H,1-3H3. The predicted molar refractivity (Wildman–Crippen MR) is 59.9 cm³/mol. The van der Waals surface area contributed by atoms with Gasteiger partial charge in [0.05, 0.1) is 5.60 Å². The number of aromatic hydroxyl groups is 2. The second kappa shape index (κ2) is 4.36. The van der Waals surface area contributed by atoms with Crippen LogP contribution in [0.25, 0.3) is 6.08 Å². The molecule has 1 aromatic carbocycles. The Morgan fingerprint density at radius 3 is 2.53 bits per heavy atom. The lowest BCUT2D eigenvalue weighted by atomic mass is 10.1. The van der Waals surface area contributed by atoms with Gasteiger partial charge in [0, 0.05) is 12.7 Å². The average Bonchev–Trinajstić information content (AvgIpc) is 2.20. The summed E-state index contributed by atoms with van der Waals surface area (Å²) in [5.41, 5.74) is 0.179. The largest absolute Gasteiger partial charge is 0.508 e. The molecule has 0 bridgehead atoms. The van der Waals surface area contributed by atoms with E-state index in [0.29, 0.717) is 5.56 Å². The molecule has 0 aliphatic carbocycles. The Labute approximate surface area is 89.6 Å². The quantitative estimate of drug-likeness (QED) is 0.750. The number of hydrogen-bond donors (Lipinski definition) is 2. The average molecular weight is 208 g/mol. The van der Waals surface area contributed by atoms with E-state index < -0.39 is 5.60 Å². The van der Waals surface area contributed by atoms with Crippen LogP contribution in [0.15, 0.2) is 24.3 Å². The molecule has 0 fully saturated rings. The van der Waals surface area contributed by atoms with Gasteiger partial charge in [0.15, 0.2) is 0 Å². The van der Waals surface area contributed by atoms with Crippen LogP contribution in [0.5, 0.6) is 11.5 Å². The molecular formula is C12H16O3. The van der Waals surface area contributed by atoms with Crippen molar-refractivity contribution in [3.63, 3.8) is 0 Å². The van der Waals surface area contributed by atoms with E-state index in [1.165, 1.54) is 18.2 Å². The van der Waals surface area contributed by atoms with Gasteiger partial charge in [-0.3, -0.25) is 0 Å². The minimum absolute atomic E-state index is 0.127. The van der Waals surface area contributed by atoms with E-state index >= 15 is 0 Å². The van der Waals surface area contributed by atoms with Crippen molar-refractivity contribution < 1.29 is 14.9 Å². The summed E-state index contributed by atoms with van der Waals surface area (Å²) in [7, 11) is 1.62. The Bertz CT molecular complexity index is 367. The van der Waals surface area contributed by atoms with Gasteiger partial charge in [-0.05, 0) is 32.0 Å². The Morgan fingerprint density at radius 2 is 1.93 bits per heavy atom. The molecule has 0 saturated carbocycles. The topological polar surface area (TPSA) is 49.7 Å². The van der Waals surface area contributed by atoms with Crippen molar-refractivity contribution in [1.29, 1.82) is 0 Å². The van der Waals surface area contributed by atoms with Crippen LogP contribution in [0.4, 0.5) is 0 Å². The van der Waals surface area contributed by atoms with Crippen LogP contribution < -0.4 is 0 Å². The Kier molecular flexibility index (Phi) is 3.37. The van der Waals surface area contributed by atoms with Crippen LogP contribution in [0.1, 0.15) is 19.4 Å². The number of ether oxygens (including phenoxy) is 1. The maximum atomic E-state index is 9.50. The summed E-state index contributed by atoms with van der Waals surface area (Å²) in [5, 5.41) is 18.7. The van der Waals surface area contributed by atoms with Crippen LogP contribution in [0.3, 0.4) is 0 Å². The van der Waals surface area contributed by atoms with E-state index in [4.69, 9.17) is 4.74 Å². The third-order valence-electron chi connectivity index (χ3n) is 2.20. The molecule has 0 saturated heterocycles. The van der Waals surface area contributed by atoms with E-state index in [0.717, 1.165) is 0 Å². The third kappa shape index (κ3) is 3.29. The summed E-state index contributed by atoms with van der Waals surface area (Å²) in [6.07, 6.45) is 3.54. The number of benzene rings is 1. The molecular weight excluding hydrogens is 192 g/mol. The zero-order valence-electron chi connectivity index (χ0n) is 9.19. The zero-order chi connectivity index (χ0) is 11.5. The summed E-state index contributed by atoms with van der Waals surface area (Å²) in [5.74, 6) is 0.263. The van der Waals surface area contributed by atoms with Gasteiger partial charge in [-0.2, -0.15) is 0 Å². The first-order chi connectivity index (χ1) is 6.94. The van der Waals surface area contributed by atoms with Gasteiger partial charge in [0.25, 0.3) is 0 Å². The molecule has 0 aromatic heterocycles. The molecule has 0 atom stereocenters. The van der Waals surface area contributed by atoms with E-state index in [2.05, 4.69) is 0 Å². The highest BCUT2D eigenvalue weighted by Crippen LogP contribution is 2.24. The highest BCUT2D eigenvalue weighted by molar-refractivity contribution is 5.59. The lowest BCUT2D eigenvalue weighted by Crippen LogP contribution is -2.18. The first-order valence-corrected chi connectivity index (χ1v) is 4.71. The lowest BCUT2D eigenvalue weighted by Gasteiger charge is -2.17. The van der Waals surface area contributed by atoms with Crippen molar-refractivity contribution in [1.82, 2.24) is 0 Å². The molecule has 1 rings (SSSR count). The molecule has 0 amide bonds. The van der Waals surface area contributed by atoms with Crippen LogP contribution >= 0.6 is 0 Å². The number of phenols is 2. The normalized spacial score (nSPS) is 12.2. The van der Waals surface area contributed by atoms with E-state index in [1.807, 2.05) is 19.9 Å². The summed E-state index contributed by atoms with van der Waals surface area (Å²) >= 11 is 0. The van der Waals surface area contributed by atoms with Crippen molar-refractivity contribution in [2.75, 3.05) is 7.11 Å². The number of methoxy groups -OCH3 is 1. The third-order valence-corrected chi connectivity index (χ3v) is 2.20. The van der Waals surface area contributed by atoms with E-state index in [-0.39, 0.29) is 11.5 Å². The second-order valence-corrected chi connectivity index (χ2v) is 3.88. The van der Waals surface area contributed by atoms with Crippen LogP contribution in [0, 0.1) is 0 Å². The van der Waals surface area contributed by atoms with E-state index in [9.17, 15) is 10.2 Å². The van der Waals surface area contributed by atoms with Gasteiger partial charge in [-0.1, -0.05) is 12.2 Å². The maximum absolute atomic E-state index is 9.50. The lowest BCUT2D eigenvalue weighted by molar-refractivity contribution is 0.0663. The maximum Gasteiger partial charge on any atom is 0.123 e. The van der Waals surface area contributed by atoms with Crippen molar-refractivity contribution in [3.05, 3.63) is 29.8 Å². The van der Waals surface area contributed by atoms with Gasteiger partial charge in [0.2, 0.25) is 0 Å². The van der Waals surface area contributed by atoms with E-state index in [1.54, 1.807) is 13.2 Å². The molecule has 0 heterocycles. The fourth-order valence-electron chi connectivity index (χ4n) is 1.03. The Hall–Kier alpha value is -1.48. The van der Waals surface area contributed by atoms with Gasteiger partial charge < -0.3 is 14.9 Å². The van der Waals surface area contributed by atoms with Gasteiger partial charge >= 0.3 is 0 Å². The van der Waals surface area contributed by atoms with Crippen LogP contribution in [0.2, 0.25) is 0 Å². The minimum atomic E-state index is -0.391. The molecule has 1 aromatic rings. The number of rotatable bonds is 3. The first kappa shape index (κ1) is 11.6. The molecule has 82 valence electrons. The van der Waals surface area contributed by atoms with Crippen molar-refractivity contribution in [3.8, 4) is 11.5 Å². The number of hydrogen-bond acceptors (Lipinski definition) is 3. The van der Waals surface area contributed by atoms with Crippen molar-refractivity contribution in [2.45, 2.75) is 19.4 Å². The van der Waals surface area contributed by atoms with Crippen molar-refractivity contribution in [2.24, 2.45) is 0 Å². The highest BCUT2D eigenvalue weighted by Gasteiger charge is 2.11. The SMILES string of the molecule is COC(C)(C)C=Cc1cc(O)ccc1O. The van der Waals surface area contributed by atoms with Gasteiger partial charge in [-0.25, -0.2) is 0 Å². The highest BCUT2D eigenvalue weighted by atomic mass is 16.5. The molecule has 2 N–H and O–H groups in total. The van der Waals surface area contributed by atoms with Crippen molar-refractivity contribution >= 4 is 6.08 Å². The summed E-state index contributed by atoms with van der Waals surface area (Å²) in [4.78, 5) is 0. The minimum Gasteiger partial charge on any atom is -0.508 e. The molecule has 15 heavy (non-hydrogen) atoms. The summed E-state index contributed by atoms with van der Waals surface area (Å²) in [6, 6.07) is 4.39. The fraction of sp³-hybridized carbons (Fsp3) is 0.333. The molecule has 0 radical (unpaired) electrons. The second-order valence-electron chi connectivity index (χ2n) is 3.88. The Morgan fingerprint density at radius 1 is 1.27 bits per heavy atom. The number of phenolic OH excluding ortho intramolecular Hbond substituents is 2. The first-order valence-electron chi connectivity index (χ1n) is 4.71. The molecule has 0 aliphatic heterocycles. The van der Waals surface area contributed by atoms with Gasteiger partial charge in [0.1, 0.15) is 11.5 Å². The smallest absolute Gasteiger partial charge is 0.123 e. The molecule has 0 spiro atoms. The van der Waals surface area contributed by atoms with Crippen LogP contribution in [-0.2, 0) is 4.74 Å². The molecule has 3 heteroatoms. The van der Waals surface area contributed by atoms with Gasteiger partial charge in [-0.15, -0.1) is 0 Å². The zero-order valence-corrected chi connectivity index (χ0v) is 9.19. The molecule has 3 nitrogen and oxygen atoms in total. The summed E-state index contributed by atoms with van der Waals surface area (Å²) < 4.78 is 5.20. The molecule has 0 unspecified atom stereocenters.